The van der Waals surface area contributed by atoms with Crippen molar-refractivity contribution in [2.24, 2.45) is 5.73 Å². The molecule has 3 N–H and O–H groups in total. The van der Waals surface area contributed by atoms with E-state index < -0.39 is 0 Å². The van der Waals surface area contributed by atoms with Gasteiger partial charge in [0.2, 0.25) is 0 Å². The molecule has 1 aromatic heterocycles. The van der Waals surface area contributed by atoms with Crippen molar-refractivity contribution in [2.75, 3.05) is 6.54 Å². The molecule has 1 unspecified atom stereocenters. The number of nitrogens with zero attached hydrogens (tertiary/aromatic N) is 1. The third-order valence-corrected chi connectivity index (χ3v) is 2.30. The number of aromatic nitrogens is 2. The minimum absolute atomic E-state index is 0.120. The van der Waals surface area contributed by atoms with Gasteiger partial charge in [-0.1, -0.05) is 27.7 Å². The van der Waals surface area contributed by atoms with Gasteiger partial charge in [-0.15, -0.1) is 0 Å². The highest BCUT2D eigenvalue weighted by Crippen LogP contribution is 2.27. The summed E-state index contributed by atoms with van der Waals surface area (Å²) in [5.41, 5.74) is 8.20. The molecule has 0 bridgehead atoms. The third-order valence-electron chi connectivity index (χ3n) is 2.30. The van der Waals surface area contributed by atoms with Crippen molar-refractivity contribution in [3.8, 4) is 0 Å². The Morgan fingerprint density at radius 2 is 2.15 bits per heavy atom. The Bertz CT molecular complexity index is 270. The Kier molecular flexibility index (Phi) is 2.76. The average Bonchev–Trinajstić information content (AvgIpc) is 2.49. The normalized spacial score (nSPS) is 14.5. The highest BCUT2D eigenvalue weighted by atomic mass is 15.1. The first-order chi connectivity index (χ1) is 5.96. The molecule has 1 heterocycles. The van der Waals surface area contributed by atoms with E-state index in [1.54, 1.807) is 0 Å². The minimum Gasteiger partial charge on any atom is -0.330 e. The molecule has 0 amide bonds. The van der Waals surface area contributed by atoms with Crippen LogP contribution in [-0.2, 0) is 5.41 Å². The molecular weight excluding hydrogens is 162 g/mol. The van der Waals surface area contributed by atoms with Crippen LogP contribution in [0.15, 0.2) is 6.20 Å². The molecule has 13 heavy (non-hydrogen) atoms. The number of aromatic amines is 1. The van der Waals surface area contributed by atoms with E-state index in [9.17, 15) is 0 Å². The molecular formula is C10H19N3. The van der Waals surface area contributed by atoms with Crippen molar-refractivity contribution >= 4 is 0 Å². The number of nitrogens with two attached hydrogens (primary N) is 1. The van der Waals surface area contributed by atoms with Crippen molar-refractivity contribution in [1.29, 1.82) is 0 Å². The summed E-state index contributed by atoms with van der Waals surface area (Å²) < 4.78 is 0. The Morgan fingerprint density at radius 3 is 2.62 bits per heavy atom. The van der Waals surface area contributed by atoms with E-state index in [4.69, 9.17) is 5.73 Å². The van der Waals surface area contributed by atoms with Crippen molar-refractivity contribution in [3.05, 3.63) is 17.5 Å². The maximum atomic E-state index is 5.63. The summed E-state index contributed by atoms with van der Waals surface area (Å²) in [5.74, 6) is 0.382. The van der Waals surface area contributed by atoms with E-state index in [0.29, 0.717) is 12.5 Å². The number of nitrogens with one attached hydrogen (secondary N) is 1. The maximum absolute atomic E-state index is 5.63. The standard InChI is InChI=1S/C10H19N3/c1-7(5-11)8-6-12-13-9(8)10(2,3)4/h6-7H,5,11H2,1-4H3,(H,12,13). The maximum Gasteiger partial charge on any atom is 0.0525 e. The average molecular weight is 181 g/mol. The molecule has 0 fully saturated rings. The monoisotopic (exact) mass is 181 g/mol. The molecule has 0 aliphatic rings. The van der Waals surface area contributed by atoms with Crippen LogP contribution in [0.25, 0.3) is 0 Å². The lowest BCUT2D eigenvalue weighted by Gasteiger charge is -2.20. The zero-order valence-electron chi connectivity index (χ0n) is 8.89. The number of hydrogen-bond acceptors (Lipinski definition) is 2. The second-order valence-electron chi connectivity index (χ2n) is 4.59. The van der Waals surface area contributed by atoms with E-state index in [-0.39, 0.29) is 5.41 Å². The largest absolute Gasteiger partial charge is 0.330 e. The molecule has 3 heteroatoms. The lowest BCUT2D eigenvalue weighted by Crippen LogP contribution is -2.18. The molecule has 1 rings (SSSR count). The van der Waals surface area contributed by atoms with Gasteiger partial charge in [0.1, 0.15) is 0 Å². The van der Waals surface area contributed by atoms with Crippen LogP contribution >= 0.6 is 0 Å². The smallest absolute Gasteiger partial charge is 0.0525 e. The van der Waals surface area contributed by atoms with Crippen molar-refractivity contribution in [2.45, 2.75) is 39.0 Å². The summed E-state index contributed by atoms with van der Waals surface area (Å²) in [7, 11) is 0. The first-order valence-electron chi connectivity index (χ1n) is 4.70. The summed E-state index contributed by atoms with van der Waals surface area (Å²) in [4.78, 5) is 0. The van der Waals surface area contributed by atoms with Crippen LogP contribution < -0.4 is 5.73 Å². The van der Waals surface area contributed by atoms with E-state index in [2.05, 4.69) is 37.9 Å². The Labute approximate surface area is 79.7 Å². The molecule has 0 aromatic carbocycles. The van der Waals surface area contributed by atoms with Gasteiger partial charge in [0.25, 0.3) is 0 Å². The highest BCUT2D eigenvalue weighted by Gasteiger charge is 2.22. The lowest BCUT2D eigenvalue weighted by molar-refractivity contribution is 0.553. The topological polar surface area (TPSA) is 54.7 Å². The van der Waals surface area contributed by atoms with E-state index in [1.165, 1.54) is 11.3 Å². The number of hydrogen-bond donors (Lipinski definition) is 2. The molecule has 0 aliphatic carbocycles. The minimum atomic E-state index is 0.120. The van der Waals surface area contributed by atoms with Gasteiger partial charge < -0.3 is 5.73 Å². The fourth-order valence-electron chi connectivity index (χ4n) is 1.40. The second-order valence-corrected chi connectivity index (χ2v) is 4.59. The van der Waals surface area contributed by atoms with Gasteiger partial charge in [0, 0.05) is 11.1 Å². The summed E-state index contributed by atoms with van der Waals surface area (Å²) in [5, 5.41) is 7.13. The molecule has 0 saturated carbocycles. The molecule has 0 saturated heterocycles. The number of rotatable bonds is 2. The van der Waals surface area contributed by atoms with Gasteiger partial charge in [-0.05, 0) is 18.0 Å². The summed E-state index contributed by atoms with van der Waals surface area (Å²) in [6, 6.07) is 0. The highest BCUT2D eigenvalue weighted by molar-refractivity contribution is 5.26. The molecule has 74 valence electrons. The summed E-state index contributed by atoms with van der Waals surface area (Å²) in [6.45, 7) is 9.32. The van der Waals surface area contributed by atoms with Crippen molar-refractivity contribution < 1.29 is 0 Å². The first-order valence-corrected chi connectivity index (χ1v) is 4.70. The van der Waals surface area contributed by atoms with Crippen LogP contribution in [0.5, 0.6) is 0 Å². The molecule has 0 radical (unpaired) electrons. The first kappa shape index (κ1) is 10.3. The van der Waals surface area contributed by atoms with Crippen LogP contribution in [0.2, 0.25) is 0 Å². The zero-order valence-corrected chi connectivity index (χ0v) is 8.89. The third kappa shape index (κ3) is 2.10. The van der Waals surface area contributed by atoms with Crippen LogP contribution in [-0.4, -0.2) is 16.7 Å². The SMILES string of the molecule is CC(CN)c1cn[nH]c1C(C)(C)C. The van der Waals surface area contributed by atoms with Gasteiger partial charge in [0.05, 0.1) is 6.20 Å². The molecule has 0 aliphatic heterocycles. The summed E-state index contributed by atoms with van der Waals surface area (Å²) >= 11 is 0. The fraction of sp³-hybridized carbons (Fsp3) is 0.700. The van der Waals surface area contributed by atoms with Crippen LogP contribution in [0.3, 0.4) is 0 Å². The van der Waals surface area contributed by atoms with Crippen LogP contribution in [0, 0.1) is 0 Å². The lowest BCUT2D eigenvalue weighted by atomic mass is 9.86. The predicted octanol–water partition coefficient (Wildman–Crippen LogP) is 1.77. The van der Waals surface area contributed by atoms with Crippen LogP contribution in [0.1, 0.15) is 44.9 Å². The molecule has 1 aromatic rings. The Hall–Kier alpha value is -0.830. The van der Waals surface area contributed by atoms with Gasteiger partial charge in [-0.2, -0.15) is 5.10 Å². The van der Waals surface area contributed by atoms with Gasteiger partial charge in [0.15, 0.2) is 0 Å². The van der Waals surface area contributed by atoms with Gasteiger partial charge in [-0.3, -0.25) is 5.10 Å². The van der Waals surface area contributed by atoms with Crippen LogP contribution in [0.4, 0.5) is 0 Å². The quantitative estimate of drug-likeness (QED) is 0.730. The summed E-state index contributed by atoms with van der Waals surface area (Å²) in [6.07, 6.45) is 1.89. The van der Waals surface area contributed by atoms with E-state index in [0.717, 1.165) is 0 Å². The van der Waals surface area contributed by atoms with Gasteiger partial charge in [-0.25, -0.2) is 0 Å². The van der Waals surface area contributed by atoms with Crippen molar-refractivity contribution in [1.82, 2.24) is 10.2 Å². The molecule has 1 atom stereocenters. The number of H-pyrrole nitrogens is 1. The fourth-order valence-corrected chi connectivity index (χ4v) is 1.40. The molecule has 0 spiro atoms. The van der Waals surface area contributed by atoms with Crippen molar-refractivity contribution in [3.63, 3.8) is 0 Å². The Morgan fingerprint density at radius 1 is 1.54 bits per heavy atom. The predicted molar refractivity (Wildman–Crippen MR) is 54.8 cm³/mol. The Balaban J connectivity index is 3.03. The second kappa shape index (κ2) is 3.50. The van der Waals surface area contributed by atoms with E-state index >= 15 is 0 Å². The van der Waals surface area contributed by atoms with E-state index in [1.807, 2.05) is 6.20 Å². The molecule has 3 nitrogen and oxygen atoms in total. The van der Waals surface area contributed by atoms with Gasteiger partial charge >= 0.3 is 0 Å². The zero-order chi connectivity index (χ0) is 10.1.